The van der Waals surface area contributed by atoms with Crippen molar-refractivity contribution in [3.05, 3.63) is 43.0 Å². The van der Waals surface area contributed by atoms with Crippen LogP contribution in [0.25, 0.3) is 10.4 Å². The topological polar surface area (TPSA) is 122 Å². The number of aromatic nitrogens is 2. The average Bonchev–Trinajstić information content (AvgIpc) is 2.83. The first-order valence-corrected chi connectivity index (χ1v) is 5.75. The van der Waals surface area contributed by atoms with Gasteiger partial charge in [-0.2, -0.15) is 0 Å². The van der Waals surface area contributed by atoms with Crippen molar-refractivity contribution >= 4 is 0 Å². The van der Waals surface area contributed by atoms with Gasteiger partial charge in [-0.25, -0.2) is 4.79 Å². The van der Waals surface area contributed by atoms with Crippen LogP contribution in [-0.4, -0.2) is 22.3 Å². The molecule has 1 saturated heterocycles. The van der Waals surface area contributed by atoms with Crippen LogP contribution in [0.3, 0.4) is 0 Å². The lowest BCUT2D eigenvalue weighted by Gasteiger charge is -2.15. The minimum atomic E-state index is -0.503. The van der Waals surface area contributed by atoms with Gasteiger partial charge in [0.1, 0.15) is 18.1 Å². The van der Waals surface area contributed by atoms with E-state index in [-0.39, 0.29) is 12.7 Å². The summed E-state index contributed by atoms with van der Waals surface area (Å²) in [6, 6.07) is 0. The van der Waals surface area contributed by atoms with E-state index < -0.39 is 17.5 Å². The molecule has 0 spiro atoms. The highest BCUT2D eigenvalue weighted by Gasteiger charge is 2.27. The Morgan fingerprint density at radius 2 is 2.42 bits per heavy atom. The Hall–Kier alpha value is -2.25. The van der Waals surface area contributed by atoms with Crippen molar-refractivity contribution in [1.82, 2.24) is 9.55 Å². The third-order valence-electron chi connectivity index (χ3n) is 2.90. The molecule has 2 heterocycles. The van der Waals surface area contributed by atoms with Crippen molar-refractivity contribution in [2.24, 2.45) is 5.28 Å². The molecule has 1 fully saturated rings. The molecular weight excluding hydrogens is 254 g/mol. The Balaban J connectivity index is 2.08. The van der Waals surface area contributed by atoms with Crippen LogP contribution in [0.2, 0.25) is 0 Å². The first-order valence-electron chi connectivity index (χ1n) is 5.75. The highest BCUT2D eigenvalue weighted by Crippen LogP contribution is 2.27. The summed E-state index contributed by atoms with van der Waals surface area (Å²) in [5, 5.41) is 2.96. The van der Waals surface area contributed by atoms with Gasteiger partial charge in [0.2, 0.25) is 0 Å². The summed E-state index contributed by atoms with van der Waals surface area (Å²) >= 11 is 0. The molecule has 1 aliphatic heterocycles. The van der Waals surface area contributed by atoms with Gasteiger partial charge in [0.15, 0.2) is 0 Å². The van der Waals surface area contributed by atoms with Gasteiger partial charge in [0.05, 0.1) is 6.10 Å². The van der Waals surface area contributed by atoms with Gasteiger partial charge in [-0.3, -0.25) is 14.3 Å². The summed E-state index contributed by atoms with van der Waals surface area (Å²) in [5.74, 6) is 0. The molecule has 0 radical (unpaired) electrons. The van der Waals surface area contributed by atoms with Gasteiger partial charge >= 0.3 is 5.69 Å². The van der Waals surface area contributed by atoms with E-state index in [1.54, 1.807) is 6.92 Å². The number of rotatable bonds is 4. The zero-order valence-corrected chi connectivity index (χ0v) is 10.3. The van der Waals surface area contributed by atoms with E-state index in [1.165, 1.54) is 10.8 Å². The molecule has 1 N–H and O–H groups in total. The normalized spacial score (nSPS) is 21.9. The molecule has 1 aromatic rings. The lowest BCUT2D eigenvalue weighted by atomic mass is 10.2. The summed E-state index contributed by atoms with van der Waals surface area (Å²) in [7, 11) is 0. The van der Waals surface area contributed by atoms with Crippen molar-refractivity contribution in [2.75, 3.05) is 6.61 Å². The maximum atomic E-state index is 11.7. The third-order valence-corrected chi connectivity index (χ3v) is 2.90. The minimum absolute atomic E-state index is 0.137. The standard InChI is InChI=1S/C10H13N5O4/c1-6-4-15(10(17)12-9(6)16)8-3-2-7(19-8)5-18-14-13-11/h4,7-8H,2-3,5H2,1H3,(H,12,16,17)/t7-,8+/m0/s1. The molecule has 0 aromatic carbocycles. The van der Waals surface area contributed by atoms with Crippen LogP contribution in [0.1, 0.15) is 24.6 Å². The number of aryl methyl sites for hydroxylation is 1. The van der Waals surface area contributed by atoms with E-state index in [0.717, 1.165) is 0 Å². The highest BCUT2D eigenvalue weighted by molar-refractivity contribution is 5.01. The molecule has 0 unspecified atom stereocenters. The lowest BCUT2D eigenvalue weighted by Crippen LogP contribution is -2.33. The Kier molecular flexibility index (Phi) is 3.88. The van der Waals surface area contributed by atoms with Crippen molar-refractivity contribution in [2.45, 2.75) is 32.1 Å². The van der Waals surface area contributed by atoms with Crippen molar-refractivity contribution in [1.29, 1.82) is 0 Å². The molecule has 0 bridgehead atoms. The zero-order chi connectivity index (χ0) is 13.8. The first kappa shape index (κ1) is 13.2. The quantitative estimate of drug-likeness (QED) is 0.374. The molecule has 2 atom stereocenters. The fourth-order valence-corrected chi connectivity index (χ4v) is 1.96. The molecule has 102 valence electrons. The predicted octanol–water partition coefficient (Wildman–Crippen LogP) is 0.765. The number of nitrogens with one attached hydrogen (secondary N) is 1. The van der Waals surface area contributed by atoms with Crippen LogP contribution in [0.5, 0.6) is 0 Å². The van der Waals surface area contributed by atoms with E-state index >= 15 is 0 Å². The Bertz CT molecular complexity index is 615. The van der Waals surface area contributed by atoms with Crippen molar-refractivity contribution < 1.29 is 9.57 Å². The number of azide groups is 1. The number of H-pyrrole nitrogens is 1. The van der Waals surface area contributed by atoms with Crippen LogP contribution in [-0.2, 0) is 9.57 Å². The summed E-state index contributed by atoms with van der Waals surface area (Å²) in [6.45, 7) is 1.75. The van der Waals surface area contributed by atoms with Crippen LogP contribution >= 0.6 is 0 Å². The molecule has 9 nitrogen and oxygen atoms in total. The van der Waals surface area contributed by atoms with E-state index in [9.17, 15) is 9.59 Å². The third kappa shape index (κ3) is 2.95. The summed E-state index contributed by atoms with van der Waals surface area (Å²) < 4.78 is 6.95. The smallest absolute Gasteiger partial charge is 0.330 e. The number of hydrogen-bond donors (Lipinski definition) is 1. The van der Waals surface area contributed by atoms with Gasteiger partial charge < -0.3 is 9.57 Å². The van der Waals surface area contributed by atoms with E-state index in [1.807, 2.05) is 0 Å². The second kappa shape index (κ2) is 5.59. The highest BCUT2D eigenvalue weighted by atomic mass is 16.7. The fraction of sp³-hybridized carbons (Fsp3) is 0.600. The number of hydrogen-bond acceptors (Lipinski definition) is 5. The second-order valence-electron chi connectivity index (χ2n) is 4.24. The lowest BCUT2D eigenvalue weighted by molar-refractivity contribution is -0.0431. The Labute approximate surface area is 107 Å². The van der Waals surface area contributed by atoms with E-state index in [2.05, 4.69) is 20.0 Å². The molecule has 9 heteroatoms. The molecule has 0 aliphatic carbocycles. The maximum absolute atomic E-state index is 11.7. The average molecular weight is 267 g/mol. The monoisotopic (exact) mass is 267 g/mol. The van der Waals surface area contributed by atoms with Crippen LogP contribution in [0, 0.1) is 6.92 Å². The molecule has 0 saturated carbocycles. The number of ether oxygens (including phenoxy) is 1. The number of nitrogens with zero attached hydrogens (tertiary/aromatic N) is 4. The van der Waals surface area contributed by atoms with Gasteiger partial charge in [-0.05, 0) is 25.3 Å². The van der Waals surface area contributed by atoms with Gasteiger partial charge in [-0.1, -0.05) is 0 Å². The van der Waals surface area contributed by atoms with Gasteiger partial charge in [0, 0.05) is 16.7 Å². The van der Waals surface area contributed by atoms with Crippen molar-refractivity contribution in [3.63, 3.8) is 0 Å². The SMILES string of the molecule is Cc1cn([C@H]2CC[C@@H](CON=[N+]=[N-])O2)c(=O)[nH]c1=O. The van der Waals surface area contributed by atoms with Crippen molar-refractivity contribution in [3.8, 4) is 0 Å². The van der Waals surface area contributed by atoms with E-state index in [0.29, 0.717) is 18.4 Å². The summed E-state index contributed by atoms with van der Waals surface area (Å²) in [4.78, 5) is 32.3. The molecule has 1 aliphatic rings. The maximum Gasteiger partial charge on any atom is 0.330 e. The summed E-state index contributed by atoms with van der Waals surface area (Å²) in [5.41, 5.74) is 7.62. The molecular formula is C10H13N5O4. The van der Waals surface area contributed by atoms with E-state index in [4.69, 9.17) is 10.3 Å². The Morgan fingerprint density at radius 3 is 3.16 bits per heavy atom. The van der Waals surface area contributed by atoms with Crippen LogP contribution in [0.4, 0.5) is 0 Å². The summed E-state index contributed by atoms with van der Waals surface area (Å²) in [6.07, 6.45) is 2.09. The van der Waals surface area contributed by atoms with Gasteiger partial charge in [-0.15, -0.1) is 0 Å². The minimum Gasteiger partial charge on any atom is -0.431 e. The Morgan fingerprint density at radius 1 is 1.63 bits per heavy atom. The van der Waals surface area contributed by atoms with Crippen LogP contribution < -0.4 is 11.2 Å². The van der Waals surface area contributed by atoms with Crippen LogP contribution in [0.15, 0.2) is 21.1 Å². The molecule has 1 aromatic heterocycles. The first-order chi connectivity index (χ1) is 9.11. The predicted molar refractivity (Wildman–Crippen MR) is 64.3 cm³/mol. The molecule has 0 amide bonds. The molecule has 2 rings (SSSR count). The largest absolute Gasteiger partial charge is 0.431 e. The second-order valence-corrected chi connectivity index (χ2v) is 4.24. The molecule has 19 heavy (non-hydrogen) atoms. The number of aromatic amines is 1. The zero-order valence-electron chi connectivity index (χ0n) is 10.3. The fourth-order valence-electron chi connectivity index (χ4n) is 1.96. The van der Waals surface area contributed by atoms with Gasteiger partial charge in [0.25, 0.3) is 5.56 Å².